The molecule has 2 saturated heterocycles. The molecule has 0 aromatic carbocycles. The van der Waals surface area contributed by atoms with Crippen LogP contribution in [0, 0.1) is 5.92 Å². The molecule has 0 saturated carbocycles. The summed E-state index contributed by atoms with van der Waals surface area (Å²) in [6.07, 6.45) is -0.987. The molecule has 2 bridgehead atoms. The molecule has 2 rings (SSSR count). The van der Waals surface area contributed by atoms with Crippen LogP contribution in [0.5, 0.6) is 0 Å². The number of hydrogen-bond donors (Lipinski definition) is 1. The highest BCUT2D eigenvalue weighted by Gasteiger charge is 2.48. The second-order valence-electron chi connectivity index (χ2n) is 3.51. The van der Waals surface area contributed by atoms with Crippen molar-refractivity contribution < 1.29 is 19.1 Å². The SMILES string of the molecule is CPO[C@@H]1C2CO[C@H](O2)[C@@H](C)C1O. The van der Waals surface area contributed by atoms with E-state index in [1.54, 1.807) is 0 Å². The summed E-state index contributed by atoms with van der Waals surface area (Å²) in [5, 5.41) is 9.87. The highest BCUT2D eigenvalue weighted by atomic mass is 31.1. The van der Waals surface area contributed by atoms with E-state index in [0.717, 1.165) is 0 Å². The van der Waals surface area contributed by atoms with E-state index in [-0.39, 0.29) is 24.4 Å². The number of hydrogen-bond acceptors (Lipinski definition) is 4. The van der Waals surface area contributed by atoms with E-state index in [0.29, 0.717) is 15.4 Å². The van der Waals surface area contributed by atoms with Crippen LogP contribution in [0.4, 0.5) is 0 Å². The summed E-state index contributed by atoms with van der Waals surface area (Å²) in [6.45, 7) is 4.41. The Hall–Kier alpha value is 0.270. The molecule has 0 amide bonds. The summed E-state index contributed by atoms with van der Waals surface area (Å²) in [5.41, 5.74) is 0. The molecule has 0 aromatic rings. The van der Waals surface area contributed by atoms with Crippen molar-refractivity contribution in [3.05, 3.63) is 0 Å². The van der Waals surface area contributed by atoms with Gasteiger partial charge in [-0.05, 0) is 6.66 Å². The lowest BCUT2D eigenvalue weighted by Crippen LogP contribution is -2.49. The summed E-state index contributed by atoms with van der Waals surface area (Å²) in [5.74, 6) is 0.0000926. The quantitative estimate of drug-likeness (QED) is 0.662. The molecule has 6 atom stereocenters. The van der Waals surface area contributed by atoms with Gasteiger partial charge in [-0.2, -0.15) is 0 Å². The molecular weight excluding hydrogens is 191 g/mol. The van der Waals surface area contributed by atoms with E-state index in [2.05, 4.69) is 0 Å². The lowest BCUT2D eigenvalue weighted by molar-refractivity contribution is -0.190. The summed E-state index contributed by atoms with van der Waals surface area (Å²) in [4.78, 5) is 0. The number of aliphatic hydroxyl groups excluding tert-OH is 1. The fourth-order valence-corrected chi connectivity index (χ4v) is 2.41. The van der Waals surface area contributed by atoms with Crippen molar-refractivity contribution >= 4 is 8.81 Å². The molecule has 2 fully saturated rings. The highest BCUT2D eigenvalue weighted by molar-refractivity contribution is 7.31. The molecule has 76 valence electrons. The standard InChI is InChI=1S/C8H15O4P/c1-4-6(9)7(12-13-2)5-3-10-8(4)11-5/h4-9,13H,3H2,1-2H3/t4-,5?,6?,7+,8+/m0/s1. The van der Waals surface area contributed by atoms with Gasteiger partial charge in [-0.15, -0.1) is 0 Å². The molecule has 2 heterocycles. The number of aliphatic hydroxyl groups is 1. The van der Waals surface area contributed by atoms with Crippen LogP contribution in [0.2, 0.25) is 0 Å². The predicted octanol–water partition coefficient (Wildman–Crippen LogP) is 0.347. The first kappa shape index (κ1) is 9.81. The van der Waals surface area contributed by atoms with E-state index in [1.807, 2.05) is 13.6 Å². The van der Waals surface area contributed by atoms with Crippen molar-refractivity contribution in [1.29, 1.82) is 0 Å². The van der Waals surface area contributed by atoms with Crippen molar-refractivity contribution in [2.24, 2.45) is 5.92 Å². The molecule has 2 aliphatic heterocycles. The summed E-state index contributed by atoms with van der Waals surface area (Å²) >= 11 is 0. The zero-order chi connectivity index (χ0) is 9.42. The molecule has 5 heteroatoms. The van der Waals surface area contributed by atoms with Gasteiger partial charge in [-0.1, -0.05) is 6.92 Å². The lowest BCUT2D eigenvalue weighted by Gasteiger charge is -2.35. The van der Waals surface area contributed by atoms with Crippen molar-refractivity contribution in [2.75, 3.05) is 13.3 Å². The van der Waals surface area contributed by atoms with Gasteiger partial charge >= 0.3 is 0 Å². The van der Waals surface area contributed by atoms with Gasteiger partial charge in [-0.3, -0.25) is 0 Å². The monoisotopic (exact) mass is 206 g/mol. The third kappa shape index (κ3) is 1.62. The normalized spacial score (nSPS) is 50.5. The highest BCUT2D eigenvalue weighted by Crippen LogP contribution is 2.35. The minimum atomic E-state index is -0.460. The Bertz CT molecular complexity index is 189. The van der Waals surface area contributed by atoms with Crippen LogP contribution in [0.3, 0.4) is 0 Å². The van der Waals surface area contributed by atoms with E-state index in [1.165, 1.54) is 0 Å². The van der Waals surface area contributed by atoms with Gasteiger partial charge in [0.05, 0.1) is 12.7 Å². The van der Waals surface area contributed by atoms with Crippen molar-refractivity contribution in [3.8, 4) is 0 Å². The minimum absolute atomic E-state index is 0.0000926. The molecule has 3 unspecified atom stereocenters. The van der Waals surface area contributed by atoms with Crippen LogP contribution in [-0.2, 0) is 14.0 Å². The van der Waals surface area contributed by atoms with Crippen LogP contribution in [0.25, 0.3) is 0 Å². The van der Waals surface area contributed by atoms with Crippen LogP contribution >= 0.6 is 8.81 Å². The molecule has 4 nitrogen and oxygen atoms in total. The topological polar surface area (TPSA) is 47.9 Å². The first-order valence-electron chi connectivity index (χ1n) is 4.51. The third-order valence-electron chi connectivity index (χ3n) is 2.66. The van der Waals surface area contributed by atoms with Crippen molar-refractivity contribution in [2.45, 2.75) is 31.5 Å². The minimum Gasteiger partial charge on any atom is -0.390 e. The van der Waals surface area contributed by atoms with Crippen LogP contribution < -0.4 is 0 Å². The maximum Gasteiger partial charge on any atom is 0.163 e. The van der Waals surface area contributed by atoms with Gasteiger partial charge in [0.25, 0.3) is 0 Å². The Kier molecular flexibility index (Phi) is 2.86. The van der Waals surface area contributed by atoms with Gasteiger partial charge in [0.1, 0.15) is 12.2 Å². The molecule has 0 aromatic heterocycles. The van der Waals surface area contributed by atoms with Gasteiger partial charge in [0.2, 0.25) is 0 Å². The molecule has 13 heavy (non-hydrogen) atoms. The molecule has 0 aliphatic carbocycles. The zero-order valence-corrected chi connectivity index (χ0v) is 8.77. The lowest BCUT2D eigenvalue weighted by atomic mass is 9.94. The Morgan fingerprint density at radius 3 is 3.00 bits per heavy atom. The van der Waals surface area contributed by atoms with Gasteiger partial charge in [-0.25, -0.2) is 0 Å². The van der Waals surface area contributed by atoms with E-state index < -0.39 is 6.10 Å². The number of rotatable bonds is 2. The largest absolute Gasteiger partial charge is 0.390 e. The second-order valence-corrected chi connectivity index (χ2v) is 4.16. The first-order chi connectivity index (χ1) is 6.24. The first-order valence-corrected chi connectivity index (χ1v) is 5.92. The maximum atomic E-state index is 9.87. The third-order valence-corrected chi connectivity index (χ3v) is 3.17. The fraction of sp³-hybridized carbons (Fsp3) is 1.00. The molecule has 2 aliphatic rings. The summed E-state index contributed by atoms with van der Waals surface area (Å²) in [6, 6.07) is 0. The number of fused-ring (bicyclic) bond motifs is 2. The average Bonchev–Trinajstić information content (AvgIpc) is 2.56. The Morgan fingerprint density at radius 2 is 2.31 bits per heavy atom. The Balaban J connectivity index is 2.08. The van der Waals surface area contributed by atoms with Crippen LogP contribution in [0.1, 0.15) is 6.92 Å². The average molecular weight is 206 g/mol. The molecule has 0 radical (unpaired) electrons. The van der Waals surface area contributed by atoms with Gasteiger partial charge in [0.15, 0.2) is 6.29 Å². The van der Waals surface area contributed by atoms with Crippen molar-refractivity contribution in [1.82, 2.24) is 0 Å². The molecule has 0 spiro atoms. The van der Waals surface area contributed by atoms with E-state index in [4.69, 9.17) is 14.0 Å². The van der Waals surface area contributed by atoms with Crippen molar-refractivity contribution in [3.63, 3.8) is 0 Å². The van der Waals surface area contributed by atoms with Gasteiger partial charge in [0, 0.05) is 14.7 Å². The predicted molar refractivity (Wildman–Crippen MR) is 48.9 cm³/mol. The van der Waals surface area contributed by atoms with Crippen LogP contribution in [-0.4, -0.2) is 43.0 Å². The van der Waals surface area contributed by atoms with E-state index >= 15 is 0 Å². The molecule has 1 N–H and O–H groups in total. The summed E-state index contributed by atoms with van der Waals surface area (Å²) < 4.78 is 16.4. The maximum absolute atomic E-state index is 9.87. The van der Waals surface area contributed by atoms with E-state index in [9.17, 15) is 5.11 Å². The molecular formula is C8H15O4P. The Labute approximate surface area is 79.4 Å². The zero-order valence-electron chi connectivity index (χ0n) is 7.77. The summed E-state index contributed by atoms with van der Waals surface area (Å²) in [7, 11) is 0.376. The van der Waals surface area contributed by atoms with Gasteiger partial charge < -0.3 is 19.1 Å². The van der Waals surface area contributed by atoms with Crippen LogP contribution in [0.15, 0.2) is 0 Å². The Morgan fingerprint density at radius 1 is 1.54 bits per heavy atom. The number of ether oxygens (including phenoxy) is 2. The fourth-order valence-electron chi connectivity index (χ4n) is 1.85. The smallest absolute Gasteiger partial charge is 0.163 e. The second kappa shape index (κ2) is 3.79.